The van der Waals surface area contributed by atoms with Crippen molar-refractivity contribution >= 4 is 23.3 Å². The number of amides is 1. The Labute approximate surface area is 151 Å². The van der Waals surface area contributed by atoms with Gasteiger partial charge in [0, 0.05) is 29.7 Å². The first-order valence-corrected chi connectivity index (χ1v) is 8.71. The molecule has 0 unspecified atom stereocenters. The lowest BCUT2D eigenvalue weighted by molar-refractivity contribution is -0.113. The second kappa shape index (κ2) is 6.05. The summed E-state index contributed by atoms with van der Waals surface area (Å²) in [6, 6.07) is 5.74. The zero-order valence-electron chi connectivity index (χ0n) is 15.3. The molecule has 8 nitrogen and oxygen atoms in total. The predicted octanol–water partition coefficient (Wildman–Crippen LogP) is 2.31. The number of carbonyl (C=O) groups is 1. The van der Waals surface area contributed by atoms with Crippen LogP contribution in [0, 0.1) is 0 Å². The quantitative estimate of drug-likeness (QED) is 0.917. The monoisotopic (exact) mass is 351 g/mol. The number of tetrazole rings is 1. The number of carbonyl (C=O) groups excluding carboxylic acids is 1. The van der Waals surface area contributed by atoms with Gasteiger partial charge in [0.15, 0.2) is 0 Å². The van der Waals surface area contributed by atoms with Gasteiger partial charge in [0.1, 0.15) is 0 Å². The van der Waals surface area contributed by atoms with Gasteiger partial charge in [-0.3, -0.25) is 9.79 Å². The maximum Gasteiger partial charge on any atom is 0.255 e. The molecule has 1 aromatic heterocycles. The van der Waals surface area contributed by atoms with Crippen LogP contribution in [0.25, 0.3) is 0 Å². The number of nitrogens with zero attached hydrogens (tertiary/aromatic N) is 6. The molecule has 1 N–H and O–H groups in total. The molecule has 0 saturated carbocycles. The first-order chi connectivity index (χ1) is 12.5. The van der Waals surface area contributed by atoms with E-state index in [1.54, 1.807) is 4.68 Å². The summed E-state index contributed by atoms with van der Waals surface area (Å²) in [5.41, 5.74) is 5.70. The third-order valence-electron chi connectivity index (χ3n) is 5.15. The molecular weight excluding hydrogens is 330 g/mol. The smallest absolute Gasteiger partial charge is 0.255 e. The van der Waals surface area contributed by atoms with Crippen molar-refractivity contribution < 1.29 is 4.79 Å². The summed E-state index contributed by atoms with van der Waals surface area (Å²) in [5, 5.41) is 14.8. The zero-order chi connectivity index (χ0) is 18.4. The summed E-state index contributed by atoms with van der Waals surface area (Å²) in [7, 11) is 1.86. The molecule has 2 aromatic rings. The van der Waals surface area contributed by atoms with E-state index < -0.39 is 0 Å². The third-order valence-corrected chi connectivity index (χ3v) is 5.15. The van der Waals surface area contributed by atoms with E-state index in [9.17, 15) is 4.79 Å². The number of hydrogen-bond acceptors (Lipinski definition) is 6. The Hall–Kier alpha value is -3.03. The van der Waals surface area contributed by atoms with E-state index in [1.165, 1.54) is 5.56 Å². The highest BCUT2D eigenvalue weighted by Gasteiger charge is 2.32. The van der Waals surface area contributed by atoms with E-state index in [0.29, 0.717) is 11.5 Å². The number of rotatable bonds is 3. The van der Waals surface area contributed by atoms with Crippen molar-refractivity contribution in [3.8, 4) is 0 Å². The van der Waals surface area contributed by atoms with Crippen molar-refractivity contribution in [2.75, 3.05) is 17.3 Å². The summed E-state index contributed by atoms with van der Waals surface area (Å²) >= 11 is 0. The van der Waals surface area contributed by atoms with E-state index in [0.717, 1.165) is 35.6 Å². The molecule has 8 heteroatoms. The maximum atomic E-state index is 13.0. The van der Waals surface area contributed by atoms with Crippen LogP contribution in [0.5, 0.6) is 0 Å². The molecule has 0 radical (unpaired) electrons. The number of benzene rings is 1. The molecule has 2 aliphatic rings. The molecule has 0 fully saturated rings. The van der Waals surface area contributed by atoms with Gasteiger partial charge in [-0.25, -0.2) is 4.68 Å². The summed E-state index contributed by atoms with van der Waals surface area (Å²) in [6.45, 7) is 6.65. The highest BCUT2D eigenvalue weighted by Crippen LogP contribution is 2.33. The van der Waals surface area contributed by atoms with Gasteiger partial charge in [-0.1, -0.05) is 18.1 Å². The molecule has 1 aromatic carbocycles. The van der Waals surface area contributed by atoms with Crippen LogP contribution in [-0.4, -0.2) is 38.9 Å². The molecule has 2 aliphatic heterocycles. The van der Waals surface area contributed by atoms with E-state index in [2.05, 4.69) is 32.8 Å². The van der Waals surface area contributed by atoms with Gasteiger partial charge < -0.3 is 10.2 Å². The van der Waals surface area contributed by atoms with Gasteiger partial charge in [-0.05, 0) is 48.4 Å². The number of aromatic nitrogens is 4. The van der Waals surface area contributed by atoms with Crippen LogP contribution in [0.4, 0.5) is 11.6 Å². The van der Waals surface area contributed by atoms with Crippen molar-refractivity contribution in [1.82, 2.24) is 20.2 Å². The first-order valence-electron chi connectivity index (χ1n) is 8.71. The third kappa shape index (κ3) is 2.40. The number of allylic oxidation sites excluding steroid dienone is 1. The molecular formula is C18H21N7O. The molecule has 1 atom stereocenters. The maximum absolute atomic E-state index is 13.0. The summed E-state index contributed by atoms with van der Waals surface area (Å²) in [6.07, 6.45) is 0.887. The lowest BCUT2D eigenvalue weighted by atomic mass is 10.0. The van der Waals surface area contributed by atoms with Gasteiger partial charge in [0.2, 0.25) is 5.95 Å². The second-order valence-corrected chi connectivity index (χ2v) is 6.60. The molecule has 26 heavy (non-hydrogen) atoms. The normalized spacial score (nSPS) is 18.5. The number of nitrogens with one attached hydrogen (secondary N) is 1. The van der Waals surface area contributed by atoms with Crippen LogP contribution in [0.2, 0.25) is 0 Å². The second-order valence-electron chi connectivity index (χ2n) is 6.60. The van der Waals surface area contributed by atoms with E-state index in [-0.39, 0.29) is 11.9 Å². The fourth-order valence-corrected chi connectivity index (χ4v) is 3.60. The molecule has 134 valence electrons. The Bertz CT molecular complexity index is 956. The van der Waals surface area contributed by atoms with Crippen LogP contribution in [0.1, 0.15) is 44.4 Å². The minimum atomic E-state index is -0.238. The molecule has 0 saturated heterocycles. The Morgan fingerprint density at radius 3 is 2.96 bits per heavy atom. The van der Waals surface area contributed by atoms with Gasteiger partial charge in [-0.2, -0.15) is 0 Å². The Morgan fingerprint density at radius 2 is 2.19 bits per heavy atom. The molecule has 0 bridgehead atoms. The summed E-state index contributed by atoms with van der Waals surface area (Å²) < 4.78 is 1.66. The molecule has 0 spiro atoms. The lowest BCUT2D eigenvalue weighted by Gasteiger charge is -2.30. The van der Waals surface area contributed by atoms with Gasteiger partial charge in [-0.15, -0.1) is 0 Å². The molecule has 4 rings (SSSR count). The summed E-state index contributed by atoms with van der Waals surface area (Å²) in [4.78, 5) is 19.4. The summed E-state index contributed by atoms with van der Waals surface area (Å²) in [5.74, 6) is 0.490. The first kappa shape index (κ1) is 16.4. The molecule has 1 amide bonds. The van der Waals surface area contributed by atoms with E-state index in [4.69, 9.17) is 0 Å². The highest BCUT2D eigenvalue weighted by molar-refractivity contribution is 6.08. The predicted molar refractivity (Wildman–Crippen MR) is 99.2 cm³/mol. The zero-order valence-corrected chi connectivity index (χ0v) is 15.3. The average Bonchev–Trinajstić information content (AvgIpc) is 3.26. The number of fused-ring (bicyclic) bond motifs is 2. The van der Waals surface area contributed by atoms with E-state index >= 15 is 0 Å². The van der Waals surface area contributed by atoms with Gasteiger partial charge in [0.05, 0.1) is 18.2 Å². The fourth-order valence-electron chi connectivity index (χ4n) is 3.60. The fraction of sp³-hybridized carbons (Fsp3) is 0.389. The Kier molecular flexibility index (Phi) is 3.82. The minimum absolute atomic E-state index is 0.143. The standard InChI is InChI=1S/C18H21N7O/c1-5-15-14-8-13(7-6-12(14)9-19-15)20-17(26)16-10(2)24(4)18-21-22-23-25(18)11(16)3/h6-8,11H,5,9H2,1-4H3,(H,20,26)/t11-/m0/s1. The van der Waals surface area contributed by atoms with Crippen LogP contribution in [0.3, 0.4) is 0 Å². The van der Waals surface area contributed by atoms with Crippen LogP contribution in [0.15, 0.2) is 34.5 Å². The number of anilines is 2. The Morgan fingerprint density at radius 1 is 1.38 bits per heavy atom. The number of hydrogen-bond donors (Lipinski definition) is 1. The van der Waals surface area contributed by atoms with Crippen molar-refractivity contribution in [1.29, 1.82) is 0 Å². The number of aliphatic imine (C=N–C) groups is 1. The van der Waals surface area contributed by atoms with Crippen LogP contribution >= 0.6 is 0 Å². The van der Waals surface area contributed by atoms with Crippen LogP contribution in [-0.2, 0) is 11.3 Å². The van der Waals surface area contributed by atoms with Crippen LogP contribution < -0.4 is 10.2 Å². The SMILES string of the molecule is CCC1=NCc2ccc(NC(=O)C3=C(C)N(C)c4nnnn4[C@H]3C)cc21. The van der Waals surface area contributed by atoms with Crippen molar-refractivity contribution in [3.05, 3.63) is 40.6 Å². The average molecular weight is 351 g/mol. The molecule has 0 aliphatic carbocycles. The van der Waals surface area contributed by atoms with Gasteiger partial charge in [0.25, 0.3) is 5.91 Å². The van der Waals surface area contributed by atoms with Gasteiger partial charge >= 0.3 is 0 Å². The van der Waals surface area contributed by atoms with Crippen molar-refractivity contribution in [3.63, 3.8) is 0 Å². The largest absolute Gasteiger partial charge is 0.322 e. The molecule has 3 heterocycles. The Balaban J connectivity index is 1.63. The topological polar surface area (TPSA) is 88.3 Å². The minimum Gasteiger partial charge on any atom is -0.322 e. The van der Waals surface area contributed by atoms with Crippen molar-refractivity contribution in [2.45, 2.75) is 39.8 Å². The van der Waals surface area contributed by atoms with Crippen molar-refractivity contribution in [2.24, 2.45) is 4.99 Å². The lowest BCUT2D eigenvalue weighted by Crippen LogP contribution is -2.34. The van der Waals surface area contributed by atoms with E-state index in [1.807, 2.05) is 44.0 Å². The highest BCUT2D eigenvalue weighted by atomic mass is 16.1.